The van der Waals surface area contributed by atoms with E-state index in [9.17, 15) is 9.90 Å². The fourth-order valence-electron chi connectivity index (χ4n) is 3.11. The summed E-state index contributed by atoms with van der Waals surface area (Å²) < 4.78 is 2.82. The van der Waals surface area contributed by atoms with Gasteiger partial charge in [-0.3, -0.25) is 0 Å². The molecule has 3 nitrogen and oxygen atoms in total. The maximum Gasteiger partial charge on any atom is 0.291 e. The lowest BCUT2D eigenvalue weighted by Crippen LogP contribution is -2.42. The summed E-state index contributed by atoms with van der Waals surface area (Å²) >= 11 is 1.27. The lowest BCUT2D eigenvalue weighted by Gasteiger charge is -2.15. The lowest BCUT2D eigenvalue weighted by atomic mass is 9.92. The fraction of sp³-hybridized carbons (Fsp3) is 0.300. The Morgan fingerprint density at radius 3 is 2.08 bits per heavy atom. The van der Waals surface area contributed by atoms with Gasteiger partial charge in [0.05, 0.1) is 0 Å². The summed E-state index contributed by atoms with van der Waals surface area (Å²) in [4.78, 5) is 11.8. The number of rotatable bonds is 4. The van der Waals surface area contributed by atoms with E-state index in [1.807, 2.05) is 28.8 Å². The number of aromatic carboxylic acids is 1. The van der Waals surface area contributed by atoms with Gasteiger partial charge in [0.1, 0.15) is 4.70 Å². The second-order valence-electron chi connectivity index (χ2n) is 6.59. The summed E-state index contributed by atoms with van der Waals surface area (Å²) in [6.07, 6.45) is 0. The molecule has 2 aromatic carbocycles. The summed E-state index contributed by atoms with van der Waals surface area (Å²) in [6, 6.07) is 14.0. The van der Waals surface area contributed by atoms with Crippen LogP contribution in [0.5, 0.6) is 0 Å². The zero-order valence-corrected chi connectivity index (χ0v) is 15.2. The highest BCUT2D eigenvalue weighted by Crippen LogP contribution is 2.31. The quantitative estimate of drug-likeness (QED) is 0.679. The van der Waals surface area contributed by atoms with Gasteiger partial charge in [-0.2, -0.15) is 0 Å². The van der Waals surface area contributed by atoms with Gasteiger partial charge < -0.3 is 9.90 Å². The van der Waals surface area contributed by atoms with Crippen LogP contribution >= 0.6 is 11.3 Å². The molecule has 0 N–H and O–H groups in total. The van der Waals surface area contributed by atoms with Crippen LogP contribution in [0.25, 0.3) is 15.9 Å². The van der Waals surface area contributed by atoms with Gasteiger partial charge in [0.25, 0.3) is 5.01 Å². The van der Waals surface area contributed by atoms with Crippen LogP contribution in [-0.2, 0) is 0 Å². The number of fused-ring (bicyclic) bond motifs is 1. The normalized spacial score (nSPS) is 11.6. The average Bonchev–Trinajstić information content (AvgIpc) is 2.93. The molecule has 0 saturated carbocycles. The van der Waals surface area contributed by atoms with Crippen molar-refractivity contribution in [2.45, 2.75) is 39.5 Å². The molecule has 0 aliphatic heterocycles. The molecule has 1 heterocycles. The molecule has 0 radical (unpaired) electrons. The number of carbonyl (C=O) groups excluding carboxylic acids is 1. The van der Waals surface area contributed by atoms with Crippen molar-refractivity contribution < 1.29 is 14.5 Å². The molecule has 0 saturated heterocycles. The van der Waals surface area contributed by atoms with Gasteiger partial charge in [0.2, 0.25) is 11.2 Å². The summed E-state index contributed by atoms with van der Waals surface area (Å²) in [7, 11) is 0. The Hall–Kier alpha value is -2.20. The lowest BCUT2D eigenvalue weighted by molar-refractivity contribution is -0.569. The third-order valence-electron chi connectivity index (χ3n) is 4.26. The fourth-order valence-corrected chi connectivity index (χ4v) is 4.10. The standard InChI is InChI=1S/C20H21NO2S/c1-12(2)14-8-7-9-15(13(3)4)18(14)21-16-10-5-6-11-17(16)24-19(21)20(22)23/h5-13H,1-4H3. The highest BCUT2D eigenvalue weighted by Gasteiger charge is 2.30. The van der Waals surface area contributed by atoms with Crippen molar-refractivity contribution in [3.8, 4) is 5.69 Å². The van der Waals surface area contributed by atoms with E-state index in [1.165, 1.54) is 11.3 Å². The Morgan fingerprint density at radius 2 is 1.54 bits per heavy atom. The van der Waals surface area contributed by atoms with Crippen LogP contribution in [0.15, 0.2) is 42.5 Å². The van der Waals surface area contributed by atoms with Crippen molar-refractivity contribution in [2.75, 3.05) is 0 Å². The Bertz CT molecular complexity index is 883. The van der Waals surface area contributed by atoms with Crippen LogP contribution in [0.2, 0.25) is 0 Å². The first-order chi connectivity index (χ1) is 11.4. The van der Waals surface area contributed by atoms with Gasteiger partial charge in [-0.05, 0) is 17.9 Å². The SMILES string of the molecule is CC(C)c1cccc(C(C)C)c1-[n+]1c(C(=O)[O-])sc2ccccc21. The number of carboxylic acid groups (broad SMARTS) is 1. The van der Waals surface area contributed by atoms with Crippen LogP contribution in [0.3, 0.4) is 0 Å². The van der Waals surface area contributed by atoms with Crippen molar-refractivity contribution in [2.24, 2.45) is 0 Å². The minimum absolute atomic E-state index is 0.242. The second kappa shape index (κ2) is 6.36. The molecule has 4 heteroatoms. The predicted molar refractivity (Wildman–Crippen MR) is 95.9 cm³/mol. The molecular formula is C20H21NO2S. The van der Waals surface area contributed by atoms with Gasteiger partial charge in [-0.25, -0.2) is 0 Å². The number of hydrogen-bond acceptors (Lipinski definition) is 3. The Kier molecular flexibility index (Phi) is 4.41. The predicted octanol–water partition coefficient (Wildman–Crippen LogP) is 3.79. The topological polar surface area (TPSA) is 44.0 Å². The van der Waals surface area contributed by atoms with Gasteiger partial charge in [0, 0.05) is 17.2 Å². The number of aromatic nitrogens is 1. The first-order valence-electron chi connectivity index (χ1n) is 8.20. The molecule has 0 unspecified atom stereocenters. The molecule has 0 aliphatic carbocycles. The monoisotopic (exact) mass is 339 g/mol. The summed E-state index contributed by atoms with van der Waals surface area (Å²) in [5, 5.41) is 12.0. The second-order valence-corrected chi connectivity index (χ2v) is 7.62. The zero-order valence-electron chi connectivity index (χ0n) is 14.4. The first-order valence-corrected chi connectivity index (χ1v) is 9.01. The average molecular weight is 339 g/mol. The molecule has 0 aliphatic rings. The molecule has 0 amide bonds. The van der Waals surface area contributed by atoms with Crippen LogP contribution < -0.4 is 9.67 Å². The maximum absolute atomic E-state index is 11.8. The molecule has 0 atom stereocenters. The number of carboxylic acids is 1. The van der Waals surface area contributed by atoms with Crippen molar-refractivity contribution in [3.63, 3.8) is 0 Å². The van der Waals surface area contributed by atoms with E-state index in [4.69, 9.17) is 0 Å². The Labute approximate surface area is 146 Å². The van der Waals surface area contributed by atoms with E-state index in [0.29, 0.717) is 11.8 Å². The van der Waals surface area contributed by atoms with E-state index in [2.05, 4.69) is 45.9 Å². The van der Waals surface area contributed by atoms with Crippen molar-refractivity contribution in [1.82, 2.24) is 0 Å². The minimum atomic E-state index is -1.13. The van der Waals surface area contributed by atoms with Crippen molar-refractivity contribution in [3.05, 3.63) is 58.6 Å². The minimum Gasteiger partial charge on any atom is -0.539 e. The van der Waals surface area contributed by atoms with Gasteiger partial charge in [-0.1, -0.05) is 69.4 Å². The third kappa shape index (κ3) is 2.71. The summed E-state index contributed by atoms with van der Waals surface area (Å²) in [5.41, 5.74) is 4.20. The van der Waals surface area contributed by atoms with E-state index >= 15 is 0 Å². The molecule has 24 heavy (non-hydrogen) atoms. The largest absolute Gasteiger partial charge is 0.539 e. The smallest absolute Gasteiger partial charge is 0.291 e. The van der Waals surface area contributed by atoms with E-state index in [-0.39, 0.29) is 5.01 Å². The zero-order chi connectivity index (χ0) is 17.4. The number of hydrogen-bond donors (Lipinski definition) is 0. The van der Waals surface area contributed by atoms with Crippen LogP contribution in [-0.4, -0.2) is 5.97 Å². The molecule has 0 spiro atoms. The molecular weight excluding hydrogens is 318 g/mol. The van der Waals surface area contributed by atoms with Crippen LogP contribution in [0.1, 0.15) is 60.5 Å². The van der Waals surface area contributed by atoms with Crippen molar-refractivity contribution in [1.29, 1.82) is 0 Å². The number of thiazole rings is 1. The van der Waals surface area contributed by atoms with Crippen LogP contribution in [0.4, 0.5) is 0 Å². The van der Waals surface area contributed by atoms with E-state index in [0.717, 1.165) is 27.0 Å². The number of carbonyl (C=O) groups is 1. The molecule has 3 rings (SSSR count). The van der Waals surface area contributed by atoms with E-state index in [1.54, 1.807) is 0 Å². The highest BCUT2D eigenvalue weighted by molar-refractivity contribution is 7.19. The van der Waals surface area contributed by atoms with Crippen LogP contribution in [0, 0.1) is 0 Å². The number of benzene rings is 2. The van der Waals surface area contributed by atoms with Crippen molar-refractivity contribution >= 4 is 27.5 Å². The van der Waals surface area contributed by atoms with E-state index < -0.39 is 5.97 Å². The molecule has 0 fully saturated rings. The Morgan fingerprint density at radius 1 is 0.958 bits per heavy atom. The number of para-hydroxylation sites is 2. The molecule has 3 aromatic rings. The van der Waals surface area contributed by atoms with Gasteiger partial charge >= 0.3 is 0 Å². The third-order valence-corrected chi connectivity index (χ3v) is 5.36. The first kappa shape index (κ1) is 16.7. The molecule has 0 bridgehead atoms. The summed E-state index contributed by atoms with van der Waals surface area (Å²) in [6.45, 7) is 8.54. The number of nitrogens with zero attached hydrogens (tertiary/aromatic N) is 1. The highest BCUT2D eigenvalue weighted by atomic mass is 32.1. The Balaban J connectivity index is 2.47. The summed E-state index contributed by atoms with van der Waals surface area (Å²) in [5.74, 6) is -0.552. The van der Waals surface area contributed by atoms with Gasteiger partial charge in [-0.15, -0.1) is 4.57 Å². The molecule has 1 aromatic heterocycles. The van der Waals surface area contributed by atoms with Gasteiger partial charge in [0.15, 0.2) is 5.97 Å². The maximum atomic E-state index is 11.8. The molecule has 124 valence electrons.